The van der Waals surface area contributed by atoms with Crippen LogP contribution >= 0.6 is 11.6 Å². The molecule has 8 heteroatoms. The molecule has 1 aliphatic heterocycles. The van der Waals surface area contributed by atoms with Crippen molar-refractivity contribution in [1.82, 2.24) is 20.2 Å². The molecule has 0 radical (unpaired) electrons. The lowest BCUT2D eigenvalue weighted by Gasteiger charge is -2.33. The van der Waals surface area contributed by atoms with Crippen molar-refractivity contribution >= 4 is 28.6 Å². The Morgan fingerprint density at radius 2 is 2.22 bits per heavy atom. The number of rotatable bonds is 2. The number of aromatic nitrogens is 2. The van der Waals surface area contributed by atoms with Crippen LogP contribution in [0.5, 0.6) is 11.5 Å². The predicted molar refractivity (Wildman–Crippen MR) is 86.2 cm³/mol. The number of carbonyl (C=O) groups excluding carboxylic acids is 1. The number of amides is 1. The Balaban J connectivity index is 1.92. The molecule has 1 N–H and O–H groups in total. The fourth-order valence-electron chi connectivity index (χ4n) is 2.54. The Labute approximate surface area is 138 Å². The fraction of sp³-hybridized carbons (Fsp3) is 0.400. The van der Waals surface area contributed by atoms with Crippen molar-refractivity contribution < 1.29 is 14.3 Å². The van der Waals surface area contributed by atoms with Crippen molar-refractivity contribution in [2.75, 3.05) is 26.7 Å². The maximum atomic E-state index is 12.4. The molecule has 0 saturated carbocycles. The van der Waals surface area contributed by atoms with Crippen LogP contribution in [-0.4, -0.2) is 53.7 Å². The van der Waals surface area contributed by atoms with Crippen LogP contribution in [0.25, 0.3) is 10.9 Å². The van der Waals surface area contributed by atoms with E-state index in [2.05, 4.69) is 15.3 Å². The van der Waals surface area contributed by atoms with Gasteiger partial charge in [0.1, 0.15) is 11.5 Å². The Hall–Kier alpha value is -2.12. The van der Waals surface area contributed by atoms with Crippen LogP contribution in [0.1, 0.15) is 6.92 Å². The van der Waals surface area contributed by atoms with E-state index in [0.29, 0.717) is 34.1 Å². The summed E-state index contributed by atoms with van der Waals surface area (Å²) in [6.07, 6.45) is 0.961. The second-order valence-electron chi connectivity index (χ2n) is 5.30. The van der Waals surface area contributed by atoms with Gasteiger partial charge in [0.2, 0.25) is 0 Å². The van der Waals surface area contributed by atoms with Gasteiger partial charge in [0.05, 0.1) is 12.6 Å². The van der Waals surface area contributed by atoms with E-state index in [9.17, 15) is 4.79 Å². The van der Waals surface area contributed by atoms with Gasteiger partial charge in [0.15, 0.2) is 11.5 Å². The van der Waals surface area contributed by atoms with E-state index >= 15 is 0 Å². The van der Waals surface area contributed by atoms with E-state index in [0.717, 1.165) is 13.1 Å². The first-order valence-corrected chi connectivity index (χ1v) is 7.65. The predicted octanol–water partition coefficient (Wildman–Crippen LogP) is 2.08. The number of fused-ring (bicyclic) bond motifs is 1. The molecule has 23 heavy (non-hydrogen) atoms. The quantitative estimate of drug-likeness (QED) is 0.846. The largest absolute Gasteiger partial charge is 0.493 e. The van der Waals surface area contributed by atoms with Gasteiger partial charge in [0.25, 0.3) is 0 Å². The first-order valence-electron chi connectivity index (χ1n) is 7.27. The number of carbonyl (C=O) groups is 1. The van der Waals surface area contributed by atoms with Gasteiger partial charge in [-0.2, -0.15) is 0 Å². The van der Waals surface area contributed by atoms with Crippen LogP contribution < -0.4 is 14.8 Å². The minimum atomic E-state index is -0.412. The van der Waals surface area contributed by atoms with E-state index in [1.807, 2.05) is 6.92 Å². The summed E-state index contributed by atoms with van der Waals surface area (Å²) in [5.74, 6) is 0.718. The molecule has 3 rings (SSSR count). The minimum Gasteiger partial charge on any atom is -0.493 e. The van der Waals surface area contributed by atoms with Gasteiger partial charge in [0, 0.05) is 37.1 Å². The van der Waals surface area contributed by atoms with Crippen LogP contribution in [-0.2, 0) is 0 Å². The Morgan fingerprint density at radius 3 is 2.96 bits per heavy atom. The molecule has 2 heterocycles. The zero-order chi connectivity index (χ0) is 16.4. The summed E-state index contributed by atoms with van der Waals surface area (Å²) >= 11 is 6.08. The van der Waals surface area contributed by atoms with Gasteiger partial charge >= 0.3 is 6.09 Å². The molecule has 1 aromatic carbocycles. The summed E-state index contributed by atoms with van der Waals surface area (Å²) < 4.78 is 10.8. The average Bonchev–Trinajstić information content (AvgIpc) is 2.55. The summed E-state index contributed by atoms with van der Waals surface area (Å²) in [7, 11) is 1.51. The third kappa shape index (κ3) is 3.16. The Morgan fingerprint density at radius 1 is 1.39 bits per heavy atom. The van der Waals surface area contributed by atoms with Crippen LogP contribution in [0.3, 0.4) is 0 Å². The van der Waals surface area contributed by atoms with Gasteiger partial charge in [-0.3, -0.25) is 0 Å². The molecule has 0 unspecified atom stereocenters. The summed E-state index contributed by atoms with van der Waals surface area (Å²) in [6.45, 7) is 4.05. The number of nitrogens with zero attached hydrogens (tertiary/aromatic N) is 3. The molecular formula is C15H17ClN4O3. The molecular weight excluding hydrogens is 320 g/mol. The Kier molecular flexibility index (Phi) is 4.49. The van der Waals surface area contributed by atoms with E-state index in [1.54, 1.807) is 17.0 Å². The minimum absolute atomic E-state index is 0.0645. The molecule has 1 fully saturated rings. The molecule has 122 valence electrons. The fourth-order valence-corrected chi connectivity index (χ4v) is 2.73. The summed E-state index contributed by atoms with van der Waals surface area (Å²) in [4.78, 5) is 22.2. The lowest BCUT2D eigenvalue weighted by atomic mass is 10.2. The summed E-state index contributed by atoms with van der Waals surface area (Å²) in [6, 6.07) is 3.36. The molecule has 1 saturated heterocycles. The molecule has 2 aromatic rings. The number of benzene rings is 1. The third-order valence-electron chi connectivity index (χ3n) is 3.81. The molecule has 7 nitrogen and oxygen atoms in total. The lowest BCUT2D eigenvalue weighted by Crippen LogP contribution is -2.53. The van der Waals surface area contributed by atoms with Gasteiger partial charge in [-0.25, -0.2) is 14.8 Å². The van der Waals surface area contributed by atoms with E-state index in [-0.39, 0.29) is 6.04 Å². The maximum Gasteiger partial charge on any atom is 0.415 e. The zero-order valence-electron chi connectivity index (χ0n) is 12.9. The molecule has 0 spiro atoms. The number of halogens is 1. The second kappa shape index (κ2) is 6.55. The monoisotopic (exact) mass is 336 g/mol. The molecule has 1 atom stereocenters. The van der Waals surface area contributed by atoms with Gasteiger partial charge < -0.3 is 19.7 Å². The van der Waals surface area contributed by atoms with Crippen LogP contribution in [0.2, 0.25) is 5.15 Å². The number of ether oxygens (including phenoxy) is 2. The number of hydrogen-bond acceptors (Lipinski definition) is 6. The van der Waals surface area contributed by atoms with Crippen molar-refractivity contribution in [3.63, 3.8) is 0 Å². The van der Waals surface area contributed by atoms with E-state index < -0.39 is 6.09 Å². The highest BCUT2D eigenvalue weighted by Crippen LogP contribution is 2.34. The van der Waals surface area contributed by atoms with Crippen LogP contribution in [0, 0.1) is 0 Å². The van der Waals surface area contributed by atoms with Crippen molar-refractivity contribution in [3.8, 4) is 11.5 Å². The second-order valence-corrected chi connectivity index (χ2v) is 5.66. The van der Waals surface area contributed by atoms with Crippen LogP contribution in [0.15, 0.2) is 18.5 Å². The highest BCUT2D eigenvalue weighted by Gasteiger charge is 2.25. The summed E-state index contributed by atoms with van der Waals surface area (Å²) in [5.41, 5.74) is 0.622. The van der Waals surface area contributed by atoms with Crippen LogP contribution in [0.4, 0.5) is 4.79 Å². The van der Waals surface area contributed by atoms with Gasteiger partial charge in [-0.15, -0.1) is 0 Å². The number of nitrogens with one attached hydrogen (secondary N) is 1. The van der Waals surface area contributed by atoms with Crippen molar-refractivity contribution in [2.45, 2.75) is 13.0 Å². The molecule has 0 bridgehead atoms. The molecule has 1 aliphatic rings. The topological polar surface area (TPSA) is 76.6 Å². The number of hydrogen-bond donors (Lipinski definition) is 1. The van der Waals surface area contributed by atoms with Crippen molar-refractivity contribution in [2.24, 2.45) is 0 Å². The standard InChI is InChI=1S/C15H17ClN4O3/c1-9-7-17-3-4-20(9)15(21)23-13-5-10-11(6-12(13)22-2)18-8-19-14(10)16/h5-6,8-9,17H,3-4,7H2,1-2H3/t9-/m1/s1. The van der Waals surface area contributed by atoms with Crippen molar-refractivity contribution in [3.05, 3.63) is 23.6 Å². The SMILES string of the molecule is COc1cc2ncnc(Cl)c2cc1OC(=O)N1CCNC[C@H]1C. The smallest absolute Gasteiger partial charge is 0.415 e. The van der Waals surface area contributed by atoms with E-state index in [4.69, 9.17) is 21.1 Å². The first-order chi connectivity index (χ1) is 11.1. The first kappa shape index (κ1) is 15.8. The van der Waals surface area contributed by atoms with Crippen molar-refractivity contribution in [1.29, 1.82) is 0 Å². The maximum absolute atomic E-state index is 12.4. The normalized spacial score (nSPS) is 18.0. The lowest BCUT2D eigenvalue weighted by molar-refractivity contribution is 0.123. The summed E-state index contributed by atoms with van der Waals surface area (Å²) in [5, 5.41) is 4.13. The molecule has 1 amide bonds. The molecule has 0 aliphatic carbocycles. The van der Waals surface area contributed by atoms with E-state index in [1.165, 1.54) is 13.4 Å². The number of methoxy groups -OCH3 is 1. The number of piperazine rings is 1. The highest BCUT2D eigenvalue weighted by atomic mass is 35.5. The van der Waals surface area contributed by atoms with Gasteiger partial charge in [-0.1, -0.05) is 11.6 Å². The zero-order valence-corrected chi connectivity index (χ0v) is 13.6. The third-order valence-corrected chi connectivity index (χ3v) is 4.11. The molecule has 1 aromatic heterocycles. The van der Waals surface area contributed by atoms with Gasteiger partial charge in [-0.05, 0) is 13.0 Å². The Bertz CT molecular complexity index is 740. The highest BCUT2D eigenvalue weighted by molar-refractivity contribution is 6.34. The average molecular weight is 337 g/mol.